The van der Waals surface area contributed by atoms with Crippen LogP contribution in [0.3, 0.4) is 0 Å². The van der Waals surface area contributed by atoms with Crippen LogP contribution in [0.1, 0.15) is 59.3 Å². The highest BCUT2D eigenvalue weighted by Gasteiger charge is 2.12. The SMILES string of the molecule is CCCCCCOC(=O)[C@H](C)CCC. The van der Waals surface area contributed by atoms with E-state index in [0.717, 1.165) is 19.3 Å². The van der Waals surface area contributed by atoms with Crippen LogP contribution in [-0.2, 0) is 9.53 Å². The van der Waals surface area contributed by atoms with Crippen molar-refractivity contribution in [3.8, 4) is 0 Å². The molecule has 0 N–H and O–H groups in total. The first-order chi connectivity index (χ1) is 6.72. The topological polar surface area (TPSA) is 26.3 Å². The molecule has 2 heteroatoms. The predicted octanol–water partition coefficient (Wildman–Crippen LogP) is 3.55. The Labute approximate surface area is 88.0 Å². The molecule has 0 aliphatic carbocycles. The molecule has 0 aromatic heterocycles. The third-order valence-corrected chi connectivity index (χ3v) is 2.37. The minimum atomic E-state index is -0.0247. The molecule has 1 atom stereocenters. The van der Waals surface area contributed by atoms with Crippen LogP contribution in [0, 0.1) is 5.92 Å². The Morgan fingerprint density at radius 3 is 2.43 bits per heavy atom. The normalized spacial score (nSPS) is 12.5. The maximum absolute atomic E-state index is 11.3. The van der Waals surface area contributed by atoms with Gasteiger partial charge >= 0.3 is 5.97 Å². The lowest BCUT2D eigenvalue weighted by Gasteiger charge is -2.09. The van der Waals surface area contributed by atoms with Crippen LogP contribution in [0.15, 0.2) is 0 Å². The van der Waals surface area contributed by atoms with Crippen molar-refractivity contribution in [3.63, 3.8) is 0 Å². The summed E-state index contributed by atoms with van der Waals surface area (Å²) in [6, 6.07) is 0. The van der Waals surface area contributed by atoms with E-state index in [0.29, 0.717) is 6.61 Å². The fourth-order valence-corrected chi connectivity index (χ4v) is 1.39. The molecule has 0 aliphatic rings. The maximum atomic E-state index is 11.3. The second-order valence-electron chi connectivity index (χ2n) is 3.92. The van der Waals surface area contributed by atoms with Gasteiger partial charge < -0.3 is 4.74 Å². The van der Waals surface area contributed by atoms with Gasteiger partial charge in [0, 0.05) is 0 Å². The molecule has 0 aromatic rings. The molecule has 0 spiro atoms. The molecule has 0 saturated heterocycles. The molecule has 0 radical (unpaired) electrons. The van der Waals surface area contributed by atoms with Crippen LogP contribution in [-0.4, -0.2) is 12.6 Å². The van der Waals surface area contributed by atoms with Crippen molar-refractivity contribution in [2.24, 2.45) is 5.92 Å². The highest BCUT2D eigenvalue weighted by atomic mass is 16.5. The van der Waals surface area contributed by atoms with E-state index in [9.17, 15) is 4.79 Å². The van der Waals surface area contributed by atoms with E-state index in [4.69, 9.17) is 4.74 Å². The van der Waals surface area contributed by atoms with E-state index >= 15 is 0 Å². The summed E-state index contributed by atoms with van der Waals surface area (Å²) in [6.45, 7) is 6.81. The van der Waals surface area contributed by atoms with E-state index in [1.807, 2.05) is 6.92 Å². The molecule has 0 bridgehead atoms. The molecule has 2 nitrogen and oxygen atoms in total. The molecule has 0 heterocycles. The predicted molar refractivity (Wildman–Crippen MR) is 59.2 cm³/mol. The zero-order valence-corrected chi connectivity index (χ0v) is 9.84. The molecule has 0 aromatic carbocycles. The summed E-state index contributed by atoms with van der Waals surface area (Å²) >= 11 is 0. The van der Waals surface area contributed by atoms with Crippen LogP contribution in [0.4, 0.5) is 0 Å². The molecule has 0 fully saturated rings. The van der Waals surface area contributed by atoms with Crippen LogP contribution in [0.25, 0.3) is 0 Å². The molecule has 0 aliphatic heterocycles. The van der Waals surface area contributed by atoms with Crippen LogP contribution >= 0.6 is 0 Å². The van der Waals surface area contributed by atoms with Crippen molar-refractivity contribution in [1.29, 1.82) is 0 Å². The van der Waals surface area contributed by atoms with Crippen LogP contribution in [0.2, 0.25) is 0 Å². The summed E-state index contributed by atoms with van der Waals surface area (Å²) in [5.41, 5.74) is 0. The molecule has 0 saturated carbocycles. The first-order valence-electron chi connectivity index (χ1n) is 5.89. The van der Waals surface area contributed by atoms with Crippen molar-refractivity contribution < 1.29 is 9.53 Å². The first-order valence-corrected chi connectivity index (χ1v) is 5.89. The van der Waals surface area contributed by atoms with Gasteiger partial charge in [-0.2, -0.15) is 0 Å². The first kappa shape index (κ1) is 13.5. The smallest absolute Gasteiger partial charge is 0.308 e. The molecule has 0 rings (SSSR count). The van der Waals surface area contributed by atoms with Crippen molar-refractivity contribution >= 4 is 5.97 Å². The average molecular weight is 200 g/mol. The summed E-state index contributed by atoms with van der Waals surface area (Å²) in [5.74, 6) is 0.0505. The lowest BCUT2D eigenvalue weighted by atomic mass is 10.1. The monoisotopic (exact) mass is 200 g/mol. The van der Waals surface area contributed by atoms with Gasteiger partial charge in [0.1, 0.15) is 0 Å². The summed E-state index contributed by atoms with van der Waals surface area (Å²) in [7, 11) is 0. The number of unbranched alkanes of at least 4 members (excludes halogenated alkanes) is 3. The lowest BCUT2D eigenvalue weighted by Crippen LogP contribution is -2.15. The van der Waals surface area contributed by atoms with Gasteiger partial charge in [-0.3, -0.25) is 4.79 Å². The van der Waals surface area contributed by atoms with E-state index in [1.54, 1.807) is 0 Å². The van der Waals surface area contributed by atoms with Gasteiger partial charge in [-0.05, 0) is 12.8 Å². The molecule has 0 amide bonds. The van der Waals surface area contributed by atoms with Gasteiger partial charge in [0.05, 0.1) is 12.5 Å². The minimum absolute atomic E-state index is 0.0247. The van der Waals surface area contributed by atoms with Crippen molar-refractivity contribution in [2.45, 2.75) is 59.3 Å². The van der Waals surface area contributed by atoms with Crippen LogP contribution in [0.5, 0.6) is 0 Å². The summed E-state index contributed by atoms with van der Waals surface area (Å²) in [5, 5.41) is 0. The largest absolute Gasteiger partial charge is 0.465 e. The molecule has 0 unspecified atom stereocenters. The number of esters is 1. The Hall–Kier alpha value is -0.530. The van der Waals surface area contributed by atoms with Crippen molar-refractivity contribution in [3.05, 3.63) is 0 Å². The third kappa shape index (κ3) is 6.93. The molecular formula is C12H24O2. The van der Waals surface area contributed by atoms with Crippen molar-refractivity contribution in [1.82, 2.24) is 0 Å². The summed E-state index contributed by atoms with van der Waals surface area (Å²) in [6.07, 6.45) is 6.63. The summed E-state index contributed by atoms with van der Waals surface area (Å²) in [4.78, 5) is 11.3. The Bertz CT molecular complexity index is 143. The number of ether oxygens (including phenoxy) is 1. The van der Waals surface area contributed by atoms with Gasteiger partial charge in [0.25, 0.3) is 0 Å². The minimum Gasteiger partial charge on any atom is -0.465 e. The highest BCUT2D eigenvalue weighted by Crippen LogP contribution is 2.08. The molecular weight excluding hydrogens is 176 g/mol. The maximum Gasteiger partial charge on any atom is 0.308 e. The fourth-order valence-electron chi connectivity index (χ4n) is 1.39. The van der Waals surface area contributed by atoms with Gasteiger partial charge in [0.2, 0.25) is 0 Å². The summed E-state index contributed by atoms with van der Waals surface area (Å²) < 4.78 is 5.16. The average Bonchev–Trinajstić information content (AvgIpc) is 2.17. The second-order valence-corrected chi connectivity index (χ2v) is 3.92. The zero-order chi connectivity index (χ0) is 10.8. The number of hydrogen-bond donors (Lipinski definition) is 0. The Kier molecular flexibility index (Phi) is 8.70. The lowest BCUT2D eigenvalue weighted by molar-refractivity contribution is -0.148. The fraction of sp³-hybridized carbons (Fsp3) is 0.917. The number of rotatable bonds is 8. The van der Waals surface area contributed by atoms with Gasteiger partial charge in [0.15, 0.2) is 0 Å². The molecule has 84 valence electrons. The zero-order valence-electron chi connectivity index (χ0n) is 9.84. The van der Waals surface area contributed by atoms with Gasteiger partial charge in [-0.15, -0.1) is 0 Å². The van der Waals surface area contributed by atoms with Gasteiger partial charge in [-0.1, -0.05) is 46.5 Å². The third-order valence-electron chi connectivity index (χ3n) is 2.37. The number of carbonyl (C=O) groups is 1. The Morgan fingerprint density at radius 2 is 1.86 bits per heavy atom. The standard InChI is InChI=1S/C12H24O2/c1-4-6-7-8-10-14-12(13)11(3)9-5-2/h11H,4-10H2,1-3H3/t11-/m1/s1. The van der Waals surface area contributed by atoms with E-state index in [-0.39, 0.29) is 11.9 Å². The quantitative estimate of drug-likeness (QED) is 0.442. The van der Waals surface area contributed by atoms with Crippen molar-refractivity contribution in [2.75, 3.05) is 6.61 Å². The van der Waals surface area contributed by atoms with E-state index < -0.39 is 0 Å². The number of hydrogen-bond acceptors (Lipinski definition) is 2. The Morgan fingerprint density at radius 1 is 1.14 bits per heavy atom. The molecule has 14 heavy (non-hydrogen) atoms. The van der Waals surface area contributed by atoms with E-state index in [2.05, 4.69) is 13.8 Å². The van der Waals surface area contributed by atoms with Gasteiger partial charge in [-0.25, -0.2) is 0 Å². The second kappa shape index (κ2) is 9.04. The Balaban J connectivity index is 3.34. The number of carbonyl (C=O) groups excluding carboxylic acids is 1. The van der Waals surface area contributed by atoms with Crippen LogP contribution < -0.4 is 0 Å². The van der Waals surface area contributed by atoms with E-state index in [1.165, 1.54) is 19.3 Å². The highest BCUT2D eigenvalue weighted by molar-refractivity contribution is 5.71.